The van der Waals surface area contributed by atoms with Gasteiger partial charge in [-0.05, 0) is 37.7 Å². The Kier molecular flexibility index (Phi) is 2.65. The van der Waals surface area contributed by atoms with Crippen molar-refractivity contribution in [3.8, 4) is 0 Å². The molecule has 4 heteroatoms. The minimum absolute atomic E-state index is 0.118. The number of fused-ring (bicyclic) bond motifs is 1. The molecule has 92 valence electrons. The van der Waals surface area contributed by atoms with Crippen molar-refractivity contribution in [2.45, 2.75) is 51.6 Å². The largest absolute Gasteiger partial charge is 0.353 e. The number of carbonyl (C=O) groups excluding carboxylic acids is 1. The van der Waals surface area contributed by atoms with Gasteiger partial charge in [0.05, 0.1) is 18.7 Å². The lowest BCUT2D eigenvalue weighted by Crippen LogP contribution is -2.37. The highest BCUT2D eigenvalue weighted by Crippen LogP contribution is 2.25. The molecule has 2 heterocycles. The number of aryl methyl sites for hydroxylation is 1. The van der Waals surface area contributed by atoms with Gasteiger partial charge in [-0.25, -0.2) is 0 Å². The van der Waals surface area contributed by atoms with E-state index in [0.717, 1.165) is 38.6 Å². The molecule has 4 nitrogen and oxygen atoms in total. The smallest absolute Gasteiger partial charge is 0.225 e. The van der Waals surface area contributed by atoms with Crippen molar-refractivity contribution in [1.29, 1.82) is 0 Å². The van der Waals surface area contributed by atoms with Gasteiger partial charge in [0.2, 0.25) is 5.91 Å². The second-order valence-electron chi connectivity index (χ2n) is 5.17. The van der Waals surface area contributed by atoms with Crippen LogP contribution in [0.2, 0.25) is 0 Å². The zero-order valence-electron chi connectivity index (χ0n) is 10.3. The average molecular weight is 233 g/mol. The Bertz CT molecular complexity index is 434. The van der Waals surface area contributed by atoms with Crippen molar-refractivity contribution in [2.24, 2.45) is 5.92 Å². The minimum atomic E-state index is 0.118. The minimum Gasteiger partial charge on any atom is -0.353 e. The molecule has 1 aromatic heterocycles. The predicted octanol–water partition coefficient (Wildman–Crippen LogP) is 1.29. The molecule has 2 aliphatic rings. The van der Waals surface area contributed by atoms with E-state index in [1.54, 1.807) is 0 Å². The third-order valence-electron chi connectivity index (χ3n) is 3.83. The van der Waals surface area contributed by atoms with Gasteiger partial charge in [-0.1, -0.05) is 6.92 Å². The summed E-state index contributed by atoms with van der Waals surface area (Å²) in [6.07, 6.45) is 7.27. The fraction of sp³-hybridized carbons (Fsp3) is 0.692. The lowest BCUT2D eigenvalue weighted by atomic mass is 9.95. The van der Waals surface area contributed by atoms with Crippen LogP contribution in [0.25, 0.3) is 0 Å². The molecule has 1 aromatic rings. The lowest BCUT2D eigenvalue weighted by Gasteiger charge is -2.23. The van der Waals surface area contributed by atoms with Crippen LogP contribution in [-0.4, -0.2) is 21.7 Å². The van der Waals surface area contributed by atoms with Crippen LogP contribution in [0.3, 0.4) is 0 Å². The van der Waals surface area contributed by atoms with Crippen LogP contribution in [0.4, 0.5) is 0 Å². The molecule has 1 atom stereocenters. The molecule has 1 fully saturated rings. The number of aromatic nitrogens is 2. The number of rotatable bonds is 3. The third kappa shape index (κ3) is 2.08. The number of amides is 1. The fourth-order valence-corrected chi connectivity index (χ4v) is 2.56. The Morgan fingerprint density at radius 2 is 2.35 bits per heavy atom. The Balaban J connectivity index is 1.69. The topological polar surface area (TPSA) is 46.9 Å². The van der Waals surface area contributed by atoms with Crippen molar-refractivity contribution in [1.82, 2.24) is 15.1 Å². The highest BCUT2D eigenvalue weighted by atomic mass is 16.2. The first kappa shape index (κ1) is 10.8. The molecular weight excluding hydrogens is 214 g/mol. The summed E-state index contributed by atoms with van der Waals surface area (Å²) in [5.74, 6) is 0.347. The van der Waals surface area contributed by atoms with Gasteiger partial charge in [-0.15, -0.1) is 0 Å². The predicted molar refractivity (Wildman–Crippen MR) is 64.6 cm³/mol. The second kappa shape index (κ2) is 4.17. The van der Waals surface area contributed by atoms with Crippen LogP contribution < -0.4 is 5.32 Å². The van der Waals surface area contributed by atoms with Gasteiger partial charge in [-0.2, -0.15) is 5.10 Å². The highest BCUT2D eigenvalue weighted by molar-refractivity contribution is 5.79. The molecule has 1 N–H and O–H groups in total. The first-order chi connectivity index (χ1) is 8.28. The first-order valence-electron chi connectivity index (χ1n) is 6.62. The van der Waals surface area contributed by atoms with Gasteiger partial charge in [0.15, 0.2) is 0 Å². The second-order valence-corrected chi connectivity index (χ2v) is 5.17. The Labute approximate surface area is 101 Å². The van der Waals surface area contributed by atoms with E-state index in [-0.39, 0.29) is 11.8 Å². The quantitative estimate of drug-likeness (QED) is 0.855. The van der Waals surface area contributed by atoms with Gasteiger partial charge in [0.1, 0.15) is 0 Å². The summed E-state index contributed by atoms with van der Waals surface area (Å²) < 4.78 is 2.03. The van der Waals surface area contributed by atoms with Crippen molar-refractivity contribution in [2.75, 3.05) is 0 Å². The van der Waals surface area contributed by atoms with Gasteiger partial charge in [-0.3, -0.25) is 9.48 Å². The molecule has 1 unspecified atom stereocenters. The maximum atomic E-state index is 12.0. The Hall–Kier alpha value is -1.32. The monoisotopic (exact) mass is 233 g/mol. The number of hydrogen-bond donors (Lipinski definition) is 1. The number of nitrogens with zero attached hydrogens (tertiary/aromatic N) is 2. The van der Waals surface area contributed by atoms with Gasteiger partial charge in [0.25, 0.3) is 0 Å². The van der Waals surface area contributed by atoms with E-state index >= 15 is 0 Å². The van der Waals surface area contributed by atoms with E-state index in [1.165, 1.54) is 11.3 Å². The van der Waals surface area contributed by atoms with E-state index in [1.807, 2.05) is 10.9 Å². The molecule has 0 spiro atoms. The summed E-state index contributed by atoms with van der Waals surface area (Å²) in [6.45, 7) is 2.91. The average Bonchev–Trinajstić information content (AvgIpc) is 3.06. The molecule has 1 saturated carbocycles. The lowest BCUT2D eigenvalue weighted by molar-refractivity contribution is -0.126. The van der Waals surface area contributed by atoms with Crippen molar-refractivity contribution >= 4 is 5.91 Å². The van der Waals surface area contributed by atoms with Crippen molar-refractivity contribution in [3.63, 3.8) is 0 Å². The molecule has 17 heavy (non-hydrogen) atoms. The van der Waals surface area contributed by atoms with Crippen molar-refractivity contribution < 1.29 is 4.79 Å². The van der Waals surface area contributed by atoms with Crippen molar-refractivity contribution in [3.05, 3.63) is 17.5 Å². The van der Waals surface area contributed by atoms with E-state index in [9.17, 15) is 4.79 Å². The summed E-state index contributed by atoms with van der Waals surface area (Å²) in [6, 6.07) is 0.465. The summed E-state index contributed by atoms with van der Waals surface area (Å²) in [5, 5.41) is 7.49. The molecule has 1 amide bonds. The normalized spacial score (nSPS) is 23.2. The molecule has 1 aliphatic carbocycles. The summed E-state index contributed by atoms with van der Waals surface area (Å²) in [7, 11) is 0. The maximum absolute atomic E-state index is 12.0. The summed E-state index contributed by atoms with van der Waals surface area (Å²) >= 11 is 0. The molecule has 0 saturated heterocycles. The fourth-order valence-electron chi connectivity index (χ4n) is 2.56. The van der Waals surface area contributed by atoms with Crippen LogP contribution in [0.1, 0.15) is 37.4 Å². The zero-order chi connectivity index (χ0) is 11.8. The van der Waals surface area contributed by atoms with Gasteiger partial charge < -0.3 is 5.32 Å². The summed E-state index contributed by atoms with van der Waals surface area (Å²) in [5.41, 5.74) is 2.68. The first-order valence-corrected chi connectivity index (χ1v) is 6.62. The number of hydrogen-bond acceptors (Lipinski definition) is 2. The van der Waals surface area contributed by atoms with E-state index < -0.39 is 0 Å². The van der Waals surface area contributed by atoms with Crippen LogP contribution in [0, 0.1) is 5.92 Å². The van der Waals surface area contributed by atoms with Crippen LogP contribution in [-0.2, 0) is 24.2 Å². The third-order valence-corrected chi connectivity index (χ3v) is 3.83. The molecule has 3 rings (SSSR count). The SMILES string of the molecule is CCc1cnn2c1CCC(C(=O)NC1CC1)C2. The molecule has 0 aromatic carbocycles. The van der Waals surface area contributed by atoms with Gasteiger partial charge in [0, 0.05) is 11.7 Å². The number of nitrogens with one attached hydrogen (secondary N) is 1. The van der Waals surface area contributed by atoms with Crippen LogP contribution >= 0.6 is 0 Å². The van der Waals surface area contributed by atoms with Crippen LogP contribution in [0.15, 0.2) is 6.20 Å². The van der Waals surface area contributed by atoms with E-state index in [2.05, 4.69) is 17.3 Å². The van der Waals surface area contributed by atoms with E-state index in [0.29, 0.717) is 6.04 Å². The Morgan fingerprint density at radius 3 is 3.06 bits per heavy atom. The maximum Gasteiger partial charge on any atom is 0.225 e. The Morgan fingerprint density at radius 1 is 1.53 bits per heavy atom. The van der Waals surface area contributed by atoms with Crippen LogP contribution in [0.5, 0.6) is 0 Å². The van der Waals surface area contributed by atoms with Gasteiger partial charge >= 0.3 is 0 Å². The number of carbonyl (C=O) groups is 1. The molecule has 0 radical (unpaired) electrons. The molecular formula is C13H19N3O. The van der Waals surface area contributed by atoms with E-state index in [4.69, 9.17) is 0 Å². The molecule has 0 bridgehead atoms. The standard InChI is InChI=1S/C13H19N3O/c1-2-9-7-14-16-8-10(3-6-12(9)16)13(17)15-11-4-5-11/h7,10-11H,2-6,8H2,1H3,(H,15,17). The molecule has 1 aliphatic heterocycles. The highest BCUT2D eigenvalue weighted by Gasteiger charge is 2.30. The summed E-state index contributed by atoms with van der Waals surface area (Å²) in [4.78, 5) is 12.0. The zero-order valence-corrected chi connectivity index (χ0v) is 10.3.